The van der Waals surface area contributed by atoms with E-state index in [0.29, 0.717) is 0 Å². The number of aliphatic hydroxyl groups excluding tert-OH is 3. The third-order valence-corrected chi connectivity index (χ3v) is 2.66. The Labute approximate surface area is 155 Å². The molecule has 1 fully saturated rings. The van der Waals surface area contributed by atoms with Gasteiger partial charge in [-0.05, 0) is 13.3 Å². The summed E-state index contributed by atoms with van der Waals surface area (Å²) in [6, 6.07) is 0. The number of carboxylic acids is 1. The van der Waals surface area contributed by atoms with Crippen LogP contribution in [0.2, 0.25) is 0 Å². The highest BCUT2D eigenvalue weighted by atomic mass is 16.5. The summed E-state index contributed by atoms with van der Waals surface area (Å²) in [6.07, 6.45) is 3.88. The fraction of sp³-hybridized carbons (Fsp3) is 0.842. The van der Waals surface area contributed by atoms with Crippen molar-refractivity contribution in [2.45, 2.75) is 99.6 Å². The number of aliphatic hydroxyl groups is 3. The lowest BCUT2D eigenvalue weighted by molar-refractivity contribution is -0.134. The predicted molar refractivity (Wildman–Crippen MR) is 106 cm³/mol. The SMILES string of the molecule is C.C.C=CCC.CC(=O)O.CCCCC.C[C@@H](O)[C@H]1OC[C@H](O)[C@H]1O. The maximum atomic E-state index is 9.09. The summed E-state index contributed by atoms with van der Waals surface area (Å²) in [5.41, 5.74) is 0. The normalized spacial score (nSPS) is 21.2. The molecule has 1 saturated heterocycles. The maximum absolute atomic E-state index is 9.09. The Morgan fingerprint density at radius 1 is 1.24 bits per heavy atom. The number of hydrogen-bond acceptors (Lipinski definition) is 5. The van der Waals surface area contributed by atoms with E-state index in [1.807, 2.05) is 6.08 Å². The molecule has 0 bridgehead atoms. The largest absolute Gasteiger partial charge is 0.481 e. The third kappa shape index (κ3) is 28.1. The summed E-state index contributed by atoms with van der Waals surface area (Å²) < 4.78 is 4.89. The van der Waals surface area contributed by atoms with E-state index in [1.54, 1.807) is 0 Å². The summed E-state index contributed by atoms with van der Waals surface area (Å²) in [7, 11) is 0. The Balaban J connectivity index is -0.0000000768. The molecular formula is C19H44O6. The van der Waals surface area contributed by atoms with E-state index < -0.39 is 30.4 Å². The summed E-state index contributed by atoms with van der Waals surface area (Å²) >= 11 is 0. The number of carboxylic acid groups (broad SMARTS) is 1. The summed E-state index contributed by atoms with van der Waals surface area (Å²) in [5, 5.41) is 34.4. The summed E-state index contributed by atoms with van der Waals surface area (Å²) in [4.78, 5) is 9.00. The Morgan fingerprint density at radius 2 is 1.60 bits per heavy atom. The molecule has 1 rings (SSSR count). The highest BCUT2D eigenvalue weighted by Gasteiger charge is 2.37. The van der Waals surface area contributed by atoms with E-state index in [1.165, 1.54) is 26.2 Å². The molecule has 0 aromatic heterocycles. The van der Waals surface area contributed by atoms with Gasteiger partial charge in [0.05, 0.1) is 12.7 Å². The number of rotatable bonds is 4. The quantitative estimate of drug-likeness (QED) is 0.565. The lowest BCUT2D eigenvalue weighted by atomic mass is 10.1. The molecule has 1 aliphatic heterocycles. The van der Waals surface area contributed by atoms with Crippen molar-refractivity contribution in [1.82, 2.24) is 0 Å². The van der Waals surface area contributed by atoms with Crippen molar-refractivity contribution in [2.24, 2.45) is 0 Å². The molecule has 25 heavy (non-hydrogen) atoms. The Bertz CT molecular complexity index is 263. The molecule has 6 nitrogen and oxygen atoms in total. The predicted octanol–water partition coefficient (Wildman–Crippen LogP) is 3.63. The van der Waals surface area contributed by atoms with E-state index in [4.69, 9.17) is 30.0 Å². The molecule has 0 radical (unpaired) electrons. The van der Waals surface area contributed by atoms with E-state index in [2.05, 4.69) is 27.4 Å². The van der Waals surface area contributed by atoms with Crippen LogP contribution in [0.25, 0.3) is 0 Å². The van der Waals surface area contributed by atoms with Crippen LogP contribution in [0.5, 0.6) is 0 Å². The zero-order valence-electron chi connectivity index (χ0n) is 15.2. The van der Waals surface area contributed by atoms with Crippen molar-refractivity contribution in [3.05, 3.63) is 12.7 Å². The average Bonchev–Trinajstić information content (AvgIpc) is 2.80. The number of aliphatic carboxylic acids is 1. The first kappa shape index (κ1) is 35.2. The van der Waals surface area contributed by atoms with Gasteiger partial charge in [-0.15, -0.1) is 6.58 Å². The molecular weight excluding hydrogens is 324 g/mol. The van der Waals surface area contributed by atoms with Crippen LogP contribution in [0, 0.1) is 0 Å². The minimum absolute atomic E-state index is 0. The van der Waals surface area contributed by atoms with E-state index >= 15 is 0 Å². The number of ether oxygens (including phenoxy) is 1. The number of carbonyl (C=O) groups is 1. The van der Waals surface area contributed by atoms with E-state index in [-0.39, 0.29) is 21.5 Å². The van der Waals surface area contributed by atoms with Crippen molar-refractivity contribution < 1.29 is 30.0 Å². The average molecular weight is 369 g/mol. The van der Waals surface area contributed by atoms with Crippen molar-refractivity contribution in [1.29, 1.82) is 0 Å². The second-order valence-corrected chi connectivity index (χ2v) is 5.17. The van der Waals surface area contributed by atoms with Gasteiger partial charge in [0.1, 0.15) is 18.3 Å². The molecule has 0 unspecified atom stereocenters. The van der Waals surface area contributed by atoms with Crippen LogP contribution in [0.3, 0.4) is 0 Å². The van der Waals surface area contributed by atoms with Gasteiger partial charge in [-0.3, -0.25) is 4.79 Å². The van der Waals surface area contributed by atoms with Gasteiger partial charge in [-0.1, -0.05) is 61.0 Å². The Kier molecular flexibility index (Phi) is 35.6. The molecule has 4 atom stereocenters. The van der Waals surface area contributed by atoms with Gasteiger partial charge in [0, 0.05) is 6.92 Å². The molecule has 1 heterocycles. The van der Waals surface area contributed by atoms with E-state index in [0.717, 1.165) is 13.3 Å². The molecule has 0 aliphatic carbocycles. The molecule has 0 aromatic carbocycles. The zero-order valence-corrected chi connectivity index (χ0v) is 15.2. The van der Waals surface area contributed by atoms with Crippen LogP contribution >= 0.6 is 0 Å². The smallest absolute Gasteiger partial charge is 0.300 e. The van der Waals surface area contributed by atoms with Crippen LogP contribution < -0.4 is 0 Å². The molecule has 0 saturated carbocycles. The lowest BCUT2D eigenvalue weighted by Gasteiger charge is -2.16. The molecule has 0 spiro atoms. The highest BCUT2D eigenvalue weighted by molar-refractivity contribution is 5.62. The van der Waals surface area contributed by atoms with Crippen LogP contribution in [-0.4, -0.2) is 57.4 Å². The number of hydrogen-bond donors (Lipinski definition) is 4. The highest BCUT2D eigenvalue weighted by Crippen LogP contribution is 2.16. The molecule has 0 amide bonds. The van der Waals surface area contributed by atoms with Crippen LogP contribution in [0.1, 0.15) is 75.2 Å². The van der Waals surface area contributed by atoms with Gasteiger partial charge in [0.15, 0.2) is 0 Å². The summed E-state index contributed by atoms with van der Waals surface area (Å²) in [6.45, 7) is 12.7. The maximum Gasteiger partial charge on any atom is 0.300 e. The molecule has 156 valence electrons. The Hall–Kier alpha value is -0.950. The molecule has 1 aliphatic rings. The molecule has 6 heteroatoms. The van der Waals surface area contributed by atoms with Gasteiger partial charge in [-0.25, -0.2) is 0 Å². The van der Waals surface area contributed by atoms with Crippen molar-refractivity contribution in [3.63, 3.8) is 0 Å². The first-order valence-electron chi connectivity index (χ1n) is 8.15. The third-order valence-electron chi connectivity index (χ3n) is 2.66. The first-order chi connectivity index (χ1) is 10.7. The Morgan fingerprint density at radius 3 is 1.68 bits per heavy atom. The van der Waals surface area contributed by atoms with Crippen LogP contribution in [0.15, 0.2) is 12.7 Å². The zero-order chi connectivity index (χ0) is 18.8. The van der Waals surface area contributed by atoms with Crippen molar-refractivity contribution in [3.8, 4) is 0 Å². The number of allylic oxidation sites excluding steroid dienone is 1. The fourth-order valence-corrected chi connectivity index (χ4v) is 1.40. The van der Waals surface area contributed by atoms with Crippen LogP contribution in [-0.2, 0) is 9.53 Å². The summed E-state index contributed by atoms with van der Waals surface area (Å²) in [5.74, 6) is -0.833. The minimum Gasteiger partial charge on any atom is -0.481 e. The van der Waals surface area contributed by atoms with Gasteiger partial charge in [0.2, 0.25) is 0 Å². The van der Waals surface area contributed by atoms with Crippen molar-refractivity contribution in [2.75, 3.05) is 6.61 Å². The first-order valence-corrected chi connectivity index (χ1v) is 8.15. The minimum atomic E-state index is -0.944. The topological polar surface area (TPSA) is 107 Å². The van der Waals surface area contributed by atoms with Gasteiger partial charge in [0.25, 0.3) is 5.97 Å². The van der Waals surface area contributed by atoms with Crippen molar-refractivity contribution >= 4 is 5.97 Å². The van der Waals surface area contributed by atoms with Gasteiger partial charge < -0.3 is 25.2 Å². The standard InChI is InChI=1S/C6H12O4.C5H12.C4H8.C2H4O2.2CH4/c1-3(7)6-5(9)4(8)2-10-6;1-3-5-4-2;1-3-4-2;1-2(3)4;;/h3-9H,2H2,1H3;3-5H2,1-2H3;3H,1,4H2,2H3;1H3,(H,3,4);2*1H4/t3-,4+,5-,6-;;;;;/m1...../s1. The van der Waals surface area contributed by atoms with E-state index in [9.17, 15) is 0 Å². The molecule has 0 aromatic rings. The molecule has 4 N–H and O–H groups in total. The van der Waals surface area contributed by atoms with Crippen LogP contribution in [0.4, 0.5) is 0 Å². The fourth-order valence-electron chi connectivity index (χ4n) is 1.40. The second kappa shape index (κ2) is 25.3. The lowest BCUT2D eigenvalue weighted by Crippen LogP contribution is -2.36. The number of unbranched alkanes of at least 4 members (excludes halogenated alkanes) is 2. The monoisotopic (exact) mass is 368 g/mol. The van der Waals surface area contributed by atoms with Gasteiger partial charge >= 0.3 is 0 Å². The second-order valence-electron chi connectivity index (χ2n) is 5.17. The van der Waals surface area contributed by atoms with Gasteiger partial charge in [-0.2, -0.15) is 0 Å².